The number of amides is 1. The van der Waals surface area contributed by atoms with Gasteiger partial charge in [0.2, 0.25) is 0 Å². The van der Waals surface area contributed by atoms with Crippen molar-refractivity contribution >= 4 is 28.5 Å². The van der Waals surface area contributed by atoms with Crippen molar-refractivity contribution in [3.05, 3.63) is 65.2 Å². The molecule has 0 fully saturated rings. The Kier molecular flexibility index (Phi) is 4.31. The van der Waals surface area contributed by atoms with Crippen LogP contribution in [-0.4, -0.2) is 18.0 Å². The van der Waals surface area contributed by atoms with Crippen molar-refractivity contribution in [2.24, 2.45) is 5.92 Å². The van der Waals surface area contributed by atoms with Crippen LogP contribution in [0.1, 0.15) is 40.7 Å². The number of aromatic nitrogens is 1. The third kappa shape index (κ3) is 2.91. The minimum absolute atomic E-state index is 0.242. The predicted molar refractivity (Wildman–Crippen MR) is 100 cm³/mol. The fraction of sp³-hybridized carbons (Fsp3) is 0.238. The second-order valence-corrected chi connectivity index (χ2v) is 6.66. The molecule has 1 aliphatic carbocycles. The number of nitrogens with one attached hydrogen (secondary N) is 1. The minimum Gasteiger partial charge on any atom is -0.465 e. The van der Waals surface area contributed by atoms with Crippen molar-refractivity contribution in [3.63, 3.8) is 0 Å². The SMILES string of the molecule is CONC(=O)c1c2c(nc3ccccc13)/C(=C/c1ccco1)C[C@H](C)C2. The van der Waals surface area contributed by atoms with E-state index in [0.29, 0.717) is 11.5 Å². The smallest absolute Gasteiger partial charge is 0.275 e. The van der Waals surface area contributed by atoms with E-state index in [-0.39, 0.29) is 5.91 Å². The van der Waals surface area contributed by atoms with Gasteiger partial charge in [-0.1, -0.05) is 25.1 Å². The number of fused-ring (bicyclic) bond motifs is 2. The van der Waals surface area contributed by atoms with Gasteiger partial charge in [0.05, 0.1) is 30.1 Å². The Morgan fingerprint density at radius 2 is 2.12 bits per heavy atom. The van der Waals surface area contributed by atoms with E-state index < -0.39 is 0 Å². The number of carbonyl (C=O) groups is 1. The highest BCUT2D eigenvalue weighted by Crippen LogP contribution is 2.38. The van der Waals surface area contributed by atoms with Gasteiger partial charge in [-0.05, 0) is 54.2 Å². The molecule has 0 spiro atoms. The quantitative estimate of drug-likeness (QED) is 0.719. The van der Waals surface area contributed by atoms with Gasteiger partial charge in [-0.15, -0.1) is 0 Å². The molecule has 4 rings (SSSR count). The number of rotatable bonds is 3. The molecular formula is C21H20N2O3. The average Bonchev–Trinajstić information content (AvgIpc) is 3.13. The molecule has 26 heavy (non-hydrogen) atoms. The minimum atomic E-state index is -0.242. The molecule has 1 aromatic carbocycles. The van der Waals surface area contributed by atoms with E-state index in [0.717, 1.165) is 46.3 Å². The summed E-state index contributed by atoms with van der Waals surface area (Å²) >= 11 is 0. The average molecular weight is 348 g/mol. The highest BCUT2D eigenvalue weighted by atomic mass is 16.6. The summed E-state index contributed by atoms with van der Waals surface area (Å²) in [4.78, 5) is 22.5. The number of hydrogen-bond donors (Lipinski definition) is 1. The fourth-order valence-electron chi connectivity index (χ4n) is 3.68. The van der Waals surface area contributed by atoms with Crippen LogP contribution in [0.5, 0.6) is 0 Å². The third-order valence-electron chi connectivity index (χ3n) is 4.70. The Balaban J connectivity index is 1.98. The molecule has 1 amide bonds. The van der Waals surface area contributed by atoms with Gasteiger partial charge in [-0.25, -0.2) is 10.5 Å². The van der Waals surface area contributed by atoms with E-state index in [2.05, 4.69) is 12.4 Å². The number of furan rings is 1. The Bertz CT molecular complexity index is 990. The van der Waals surface area contributed by atoms with Crippen LogP contribution in [0, 0.1) is 5.92 Å². The zero-order valence-corrected chi connectivity index (χ0v) is 14.8. The van der Waals surface area contributed by atoms with Crippen LogP contribution in [0.4, 0.5) is 0 Å². The maximum Gasteiger partial charge on any atom is 0.275 e. The van der Waals surface area contributed by atoms with Crippen molar-refractivity contribution in [1.82, 2.24) is 10.5 Å². The molecule has 5 heteroatoms. The normalized spacial score (nSPS) is 18.1. The van der Waals surface area contributed by atoms with Crippen LogP contribution in [0.2, 0.25) is 0 Å². The number of carbonyl (C=O) groups excluding carboxylic acids is 1. The maximum atomic E-state index is 12.8. The predicted octanol–water partition coefficient (Wildman–Crippen LogP) is 4.24. The monoisotopic (exact) mass is 348 g/mol. The molecule has 2 heterocycles. The van der Waals surface area contributed by atoms with E-state index in [1.807, 2.05) is 42.5 Å². The Labute approximate surface area is 151 Å². The molecule has 1 N–H and O–H groups in total. The summed E-state index contributed by atoms with van der Waals surface area (Å²) in [6.07, 6.45) is 5.37. The number of benzene rings is 1. The fourth-order valence-corrected chi connectivity index (χ4v) is 3.68. The lowest BCUT2D eigenvalue weighted by molar-refractivity contribution is 0.0538. The van der Waals surface area contributed by atoms with Crippen LogP contribution in [-0.2, 0) is 11.3 Å². The van der Waals surface area contributed by atoms with Gasteiger partial charge in [0, 0.05) is 5.39 Å². The third-order valence-corrected chi connectivity index (χ3v) is 4.70. The number of allylic oxidation sites excluding steroid dienone is 1. The second kappa shape index (κ2) is 6.77. The molecule has 5 nitrogen and oxygen atoms in total. The first-order valence-electron chi connectivity index (χ1n) is 8.66. The van der Waals surface area contributed by atoms with Crippen molar-refractivity contribution in [2.75, 3.05) is 7.11 Å². The Morgan fingerprint density at radius 3 is 2.88 bits per heavy atom. The van der Waals surface area contributed by atoms with Crippen molar-refractivity contribution in [2.45, 2.75) is 19.8 Å². The molecule has 0 radical (unpaired) electrons. The van der Waals surface area contributed by atoms with Crippen molar-refractivity contribution < 1.29 is 14.0 Å². The van der Waals surface area contributed by atoms with Crippen LogP contribution < -0.4 is 5.48 Å². The molecule has 1 atom stereocenters. The van der Waals surface area contributed by atoms with Gasteiger partial charge in [0.1, 0.15) is 5.76 Å². The Morgan fingerprint density at radius 1 is 1.27 bits per heavy atom. The summed E-state index contributed by atoms with van der Waals surface area (Å²) in [6, 6.07) is 11.5. The zero-order chi connectivity index (χ0) is 18.1. The van der Waals surface area contributed by atoms with Gasteiger partial charge < -0.3 is 4.42 Å². The van der Waals surface area contributed by atoms with Crippen LogP contribution >= 0.6 is 0 Å². The summed E-state index contributed by atoms with van der Waals surface area (Å²) < 4.78 is 5.49. The molecule has 132 valence electrons. The summed E-state index contributed by atoms with van der Waals surface area (Å²) in [5, 5.41) is 0.840. The molecule has 0 saturated carbocycles. The molecule has 0 saturated heterocycles. The first kappa shape index (κ1) is 16.5. The molecule has 3 aromatic rings. The topological polar surface area (TPSA) is 64.4 Å². The van der Waals surface area contributed by atoms with Gasteiger partial charge in [0.15, 0.2) is 0 Å². The second-order valence-electron chi connectivity index (χ2n) is 6.66. The first-order chi connectivity index (χ1) is 12.7. The number of para-hydroxylation sites is 1. The molecular weight excluding hydrogens is 328 g/mol. The highest BCUT2D eigenvalue weighted by Gasteiger charge is 2.28. The van der Waals surface area contributed by atoms with Crippen molar-refractivity contribution in [3.8, 4) is 0 Å². The molecule has 1 aliphatic rings. The molecule has 2 aromatic heterocycles. The van der Waals surface area contributed by atoms with Gasteiger partial charge in [-0.3, -0.25) is 9.63 Å². The first-order valence-corrected chi connectivity index (χ1v) is 8.66. The van der Waals surface area contributed by atoms with Gasteiger partial charge >= 0.3 is 0 Å². The lowest BCUT2D eigenvalue weighted by Crippen LogP contribution is -2.26. The number of pyridine rings is 1. The molecule has 0 bridgehead atoms. The van der Waals surface area contributed by atoms with E-state index in [1.54, 1.807) is 6.26 Å². The van der Waals surface area contributed by atoms with Gasteiger partial charge in [-0.2, -0.15) is 0 Å². The van der Waals surface area contributed by atoms with E-state index >= 15 is 0 Å². The lowest BCUT2D eigenvalue weighted by atomic mass is 9.80. The van der Waals surface area contributed by atoms with Crippen LogP contribution in [0.3, 0.4) is 0 Å². The Hall–Kier alpha value is -2.92. The maximum absolute atomic E-state index is 12.8. The summed E-state index contributed by atoms with van der Waals surface area (Å²) in [7, 11) is 1.44. The van der Waals surface area contributed by atoms with E-state index in [4.69, 9.17) is 14.2 Å². The standard InChI is InChI=1S/C21H20N2O3/c1-13-10-14(12-15-6-5-9-26-15)20-17(11-13)19(21(24)23-25-2)16-7-3-4-8-18(16)22-20/h3-9,12-13H,10-11H2,1-2H3,(H,23,24)/b14-12+/t13-/m0/s1. The highest BCUT2D eigenvalue weighted by molar-refractivity contribution is 6.08. The van der Waals surface area contributed by atoms with Crippen LogP contribution in [0.25, 0.3) is 22.6 Å². The van der Waals surface area contributed by atoms with Crippen molar-refractivity contribution in [1.29, 1.82) is 0 Å². The van der Waals surface area contributed by atoms with Gasteiger partial charge in [0.25, 0.3) is 5.91 Å². The van der Waals surface area contributed by atoms with E-state index in [1.165, 1.54) is 7.11 Å². The molecule has 0 aliphatic heterocycles. The number of nitrogens with zero attached hydrogens (tertiary/aromatic N) is 1. The molecule has 0 unspecified atom stereocenters. The van der Waals surface area contributed by atoms with E-state index in [9.17, 15) is 4.79 Å². The summed E-state index contributed by atoms with van der Waals surface area (Å²) in [5.41, 5.74) is 6.85. The zero-order valence-electron chi connectivity index (χ0n) is 14.8. The lowest BCUT2D eigenvalue weighted by Gasteiger charge is -2.26. The number of hydroxylamine groups is 1. The summed E-state index contributed by atoms with van der Waals surface area (Å²) in [5.74, 6) is 0.951. The van der Waals surface area contributed by atoms with Crippen LogP contribution in [0.15, 0.2) is 47.1 Å². The summed E-state index contributed by atoms with van der Waals surface area (Å²) in [6.45, 7) is 2.19. The largest absolute Gasteiger partial charge is 0.465 e. The number of hydrogen-bond acceptors (Lipinski definition) is 4.